The van der Waals surface area contributed by atoms with Gasteiger partial charge in [0.2, 0.25) is 0 Å². The maximum atomic E-state index is 4.73. The Morgan fingerprint density at radius 3 is 1.38 bits per heavy atom. The predicted molar refractivity (Wildman–Crippen MR) is 231 cm³/mol. The molecule has 256 valence electrons. The van der Waals surface area contributed by atoms with Crippen LogP contribution in [0.4, 0.5) is 0 Å². The third kappa shape index (κ3) is 5.20. The molecule has 3 nitrogen and oxygen atoms in total. The Morgan fingerprint density at radius 1 is 0.273 bits per heavy atom. The minimum absolute atomic E-state index is 0.940. The van der Waals surface area contributed by atoms with Crippen molar-refractivity contribution < 1.29 is 0 Å². The molecular formula is C52H33N3. The topological polar surface area (TPSA) is 30.7 Å². The van der Waals surface area contributed by atoms with Gasteiger partial charge in [-0.25, -0.2) is 0 Å². The number of fused-ring (bicyclic) bond motifs is 9. The summed E-state index contributed by atoms with van der Waals surface area (Å²) in [7, 11) is 0. The maximum absolute atomic E-state index is 4.73. The van der Waals surface area contributed by atoms with E-state index in [0.717, 1.165) is 21.8 Å². The predicted octanol–water partition coefficient (Wildman–Crippen LogP) is 13.7. The number of hydrogen-bond acceptors (Lipinski definition) is 2. The minimum atomic E-state index is 0.940. The van der Waals surface area contributed by atoms with Gasteiger partial charge in [0.1, 0.15) is 0 Å². The second kappa shape index (κ2) is 12.6. The summed E-state index contributed by atoms with van der Waals surface area (Å²) in [5.74, 6) is 0. The highest BCUT2D eigenvalue weighted by Crippen LogP contribution is 2.38. The van der Waals surface area contributed by atoms with Crippen molar-refractivity contribution in [3.63, 3.8) is 0 Å². The first-order valence-electron chi connectivity index (χ1n) is 18.7. The first-order chi connectivity index (χ1) is 27.3. The van der Waals surface area contributed by atoms with Gasteiger partial charge in [-0.15, -0.1) is 0 Å². The lowest BCUT2D eigenvalue weighted by molar-refractivity contribution is 1.18. The molecule has 0 bridgehead atoms. The van der Waals surface area contributed by atoms with Crippen LogP contribution in [-0.4, -0.2) is 14.5 Å². The lowest BCUT2D eigenvalue weighted by atomic mass is 9.93. The van der Waals surface area contributed by atoms with Crippen molar-refractivity contribution in [1.29, 1.82) is 0 Å². The van der Waals surface area contributed by atoms with E-state index in [4.69, 9.17) is 9.97 Å². The van der Waals surface area contributed by atoms with Gasteiger partial charge in [0.15, 0.2) is 0 Å². The van der Waals surface area contributed by atoms with Gasteiger partial charge in [0, 0.05) is 39.6 Å². The summed E-state index contributed by atoms with van der Waals surface area (Å²) >= 11 is 0. The van der Waals surface area contributed by atoms with Crippen molar-refractivity contribution >= 4 is 54.4 Å². The minimum Gasteiger partial charge on any atom is -0.309 e. The average Bonchev–Trinajstić information content (AvgIpc) is 3.60. The summed E-state index contributed by atoms with van der Waals surface area (Å²) in [6.45, 7) is 0. The molecule has 0 saturated carbocycles. The molecule has 0 unspecified atom stereocenters. The molecule has 2 aromatic heterocycles. The van der Waals surface area contributed by atoms with Gasteiger partial charge in [-0.1, -0.05) is 146 Å². The lowest BCUT2D eigenvalue weighted by Gasteiger charge is -2.12. The van der Waals surface area contributed by atoms with Crippen molar-refractivity contribution in [2.75, 3.05) is 0 Å². The monoisotopic (exact) mass is 699 g/mol. The molecule has 11 rings (SSSR count). The quantitative estimate of drug-likeness (QED) is 0.167. The summed E-state index contributed by atoms with van der Waals surface area (Å²) in [6, 6.07) is 68.1. The SMILES string of the molecule is c1ccc(-n2c3ccccc3c3ccc(-c4cccc(-c5ccc(-c6cccc(-c7ccc8c(c7)c7ccccc7c7nccnc87)c6)cc5)c4)cc32)cc1. The van der Waals surface area contributed by atoms with Crippen molar-refractivity contribution in [1.82, 2.24) is 14.5 Å². The van der Waals surface area contributed by atoms with Crippen LogP contribution in [0.1, 0.15) is 0 Å². The standard InChI is InChI=1S/C52H33N3/c1-2-14-42(15-3-1)55-49-19-7-6-17-44(49)45-26-24-41(33-50(45)55)39-13-9-11-37(31-39)35-22-20-34(21-23-35)36-10-8-12-38(30-36)40-25-27-47-48(32-40)43-16-4-5-18-46(43)51-52(47)54-29-28-53-51/h1-33H. The Balaban J connectivity index is 0.926. The second-order valence-electron chi connectivity index (χ2n) is 14.2. The summed E-state index contributed by atoms with van der Waals surface area (Å²) < 4.78 is 2.38. The van der Waals surface area contributed by atoms with E-state index in [0.29, 0.717) is 0 Å². The smallest absolute Gasteiger partial charge is 0.0971 e. The van der Waals surface area contributed by atoms with Crippen LogP contribution in [0.3, 0.4) is 0 Å². The van der Waals surface area contributed by atoms with Gasteiger partial charge in [-0.3, -0.25) is 9.97 Å². The fraction of sp³-hybridized carbons (Fsp3) is 0. The van der Waals surface area contributed by atoms with Crippen molar-refractivity contribution in [2.45, 2.75) is 0 Å². The highest BCUT2D eigenvalue weighted by Gasteiger charge is 2.15. The number of para-hydroxylation sites is 2. The maximum Gasteiger partial charge on any atom is 0.0971 e. The van der Waals surface area contributed by atoms with Crippen LogP contribution in [0, 0.1) is 0 Å². The fourth-order valence-corrected chi connectivity index (χ4v) is 8.43. The third-order valence-electron chi connectivity index (χ3n) is 11.1. The van der Waals surface area contributed by atoms with Crippen LogP contribution in [0.2, 0.25) is 0 Å². The van der Waals surface area contributed by atoms with E-state index in [9.17, 15) is 0 Å². The third-order valence-corrected chi connectivity index (χ3v) is 11.1. The summed E-state index contributed by atoms with van der Waals surface area (Å²) in [4.78, 5) is 9.43. The zero-order valence-electron chi connectivity index (χ0n) is 29.9. The Morgan fingerprint density at radius 2 is 0.727 bits per heavy atom. The molecule has 0 atom stereocenters. The largest absolute Gasteiger partial charge is 0.309 e. The van der Waals surface area contributed by atoms with Crippen LogP contribution >= 0.6 is 0 Å². The van der Waals surface area contributed by atoms with E-state index in [1.165, 1.54) is 82.8 Å². The molecule has 0 aliphatic rings. The molecule has 0 radical (unpaired) electrons. The summed E-state index contributed by atoms with van der Waals surface area (Å²) in [5, 5.41) is 7.16. The molecule has 11 aromatic rings. The Labute approximate surface area is 318 Å². The van der Waals surface area contributed by atoms with Crippen molar-refractivity contribution in [3.8, 4) is 50.2 Å². The number of benzene rings is 9. The number of hydrogen-bond donors (Lipinski definition) is 0. The summed E-state index contributed by atoms with van der Waals surface area (Å²) in [5.41, 5.74) is 15.0. The molecule has 0 N–H and O–H groups in total. The van der Waals surface area contributed by atoms with E-state index < -0.39 is 0 Å². The normalized spacial score (nSPS) is 11.6. The molecule has 0 fully saturated rings. The molecule has 0 aliphatic heterocycles. The molecule has 0 aliphatic carbocycles. The van der Waals surface area contributed by atoms with Gasteiger partial charge >= 0.3 is 0 Å². The van der Waals surface area contributed by atoms with Gasteiger partial charge in [0.25, 0.3) is 0 Å². The highest BCUT2D eigenvalue weighted by molar-refractivity contribution is 6.23. The van der Waals surface area contributed by atoms with Crippen LogP contribution in [-0.2, 0) is 0 Å². The average molecular weight is 700 g/mol. The van der Waals surface area contributed by atoms with Crippen molar-refractivity contribution in [3.05, 3.63) is 200 Å². The van der Waals surface area contributed by atoms with E-state index in [-0.39, 0.29) is 0 Å². The zero-order valence-corrected chi connectivity index (χ0v) is 29.9. The van der Waals surface area contributed by atoms with Gasteiger partial charge in [-0.2, -0.15) is 0 Å². The van der Waals surface area contributed by atoms with E-state index in [1.54, 1.807) is 12.4 Å². The molecule has 55 heavy (non-hydrogen) atoms. The molecule has 0 amide bonds. The lowest BCUT2D eigenvalue weighted by Crippen LogP contribution is -1.93. The van der Waals surface area contributed by atoms with E-state index >= 15 is 0 Å². The Hall–Kier alpha value is -7.36. The molecule has 0 saturated heterocycles. The molecule has 0 spiro atoms. The molecule has 2 heterocycles. The Kier molecular flexibility index (Phi) is 7.17. The first kappa shape index (κ1) is 31.2. The molecule has 9 aromatic carbocycles. The second-order valence-corrected chi connectivity index (χ2v) is 14.2. The fourth-order valence-electron chi connectivity index (χ4n) is 8.43. The van der Waals surface area contributed by atoms with E-state index in [1.807, 2.05) is 0 Å². The Bertz CT molecular complexity index is 3210. The van der Waals surface area contributed by atoms with Gasteiger partial charge in [-0.05, 0) is 97.7 Å². The van der Waals surface area contributed by atoms with Gasteiger partial charge in [0.05, 0.1) is 22.1 Å². The van der Waals surface area contributed by atoms with Crippen LogP contribution in [0.25, 0.3) is 105 Å². The van der Waals surface area contributed by atoms with Crippen LogP contribution < -0.4 is 0 Å². The molecule has 3 heteroatoms. The highest BCUT2D eigenvalue weighted by atomic mass is 15.0. The van der Waals surface area contributed by atoms with Gasteiger partial charge < -0.3 is 4.57 Å². The van der Waals surface area contributed by atoms with E-state index in [2.05, 4.69) is 193 Å². The number of nitrogens with zero attached hydrogens (tertiary/aromatic N) is 3. The first-order valence-corrected chi connectivity index (χ1v) is 18.7. The number of rotatable bonds is 5. The van der Waals surface area contributed by atoms with Crippen LogP contribution in [0.15, 0.2) is 200 Å². The van der Waals surface area contributed by atoms with Crippen molar-refractivity contribution in [2.24, 2.45) is 0 Å². The van der Waals surface area contributed by atoms with Crippen LogP contribution in [0.5, 0.6) is 0 Å². The summed E-state index contributed by atoms with van der Waals surface area (Å²) in [6.07, 6.45) is 3.56. The molecular weight excluding hydrogens is 667 g/mol. The number of aromatic nitrogens is 3. The zero-order chi connectivity index (χ0) is 36.3.